The van der Waals surface area contributed by atoms with Crippen LogP contribution >= 0.6 is 22.6 Å². The van der Waals surface area contributed by atoms with E-state index in [1.54, 1.807) is 31.2 Å². The van der Waals surface area contributed by atoms with E-state index >= 15 is 0 Å². The number of nitrogens with two attached hydrogens (primary N) is 1. The van der Waals surface area contributed by atoms with Crippen LogP contribution in [-0.4, -0.2) is 20.9 Å². The second-order valence-electron chi connectivity index (χ2n) is 5.15. The Balaban J connectivity index is 1.90. The molecule has 1 unspecified atom stereocenters. The quantitative estimate of drug-likeness (QED) is 0.646. The molecule has 0 aliphatic carbocycles. The molecule has 0 aromatic heterocycles. The van der Waals surface area contributed by atoms with E-state index in [-0.39, 0.29) is 23.5 Å². The fraction of sp³-hybridized carbons (Fsp3) is 0.188. The lowest BCUT2D eigenvalue weighted by atomic mass is 10.1. The smallest absolute Gasteiger partial charge is 0.258 e. The Morgan fingerprint density at radius 1 is 1.17 bits per heavy atom. The highest BCUT2D eigenvalue weighted by Crippen LogP contribution is 2.16. The van der Waals surface area contributed by atoms with Crippen molar-refractivity contribution in [1.29, 1.82) is 0 Å². The molecule has 0 aliphatic rings. The summed E-state index contributed by atoms with van der Waals surface area (Å²) in [4.78, 5) is 12.0. The molecular weight excluding hydrogens is 443 g/mol. The maximum Gasteiger partial charge on any atom is 0.258 e. The zero-order valence-corrected chi connectivity index (χ0v) is 15.9. The highest BCUT2D eigenvalue weighted by atomic mass is 127. The Labute approximate surface area is 154 Å². The van der Waals surface area contributed by atoms with Gasteiger partial charge < -0.3 is 10.1 Å². The van der Waals surface area contributed by atoms with Crippen LogP contribution < -0.4 is 15.2 Å². The summed E-state index contributed by atoms with van der Waals surface area (Å²) in [6.45, 7) is 1.70. The van der Waals surface area contributed by atoms with E-state index in [0.717, 1.165) is 9.13 Å². The van der Waals surface area contributed by atoms with E-state index in [0.29, 0.717) is 5.75 Å². The fourth-order valence-corrected chi connectivity index (χ4v) is 2.87. The number of amides is 1. The number of hydrogen-bond donors (Lipinski definition) is 2. The maximum atomic E-state index is 11.9. The van der Waals surface area contributed by atoms with E-state index in [9.17, 15) is 13.2 Å². The predicted molar refractivity (Wildman–Crippen MR) is 99.0 cm³/mol. The largest absolute Gasteiger partial charge is 0.484 e. The monoisotopic (exact) mass is 460 g/mol. The number of halogens is 1. The van der Waals surface area contributed by atoms with Crippen molar-refractivity contribution in [1.82, 2.24) is 5.32 Å². The van der Waals surface area contributed by atoms with Crippen molar-refractivity contribution in [2.24, 2.45) is 5.14 Å². The molecule has 2 rings (SSSR count). The molecule has 2 aromatic carbocycles. The first-order valence-corrected chi connectivity index (χ1v) is 9.69. The average Bonchev–Trinajstić information content (AvgIpc) is 2.53. The number of rotatable bonds is 6. The van der Waals surface area contributed by atoms with Gasteiger partial charge in [-0.15, -0.1) is 0 Å². The summed E-state index contributed by atoms with van der Waals surface area (Å²) in [5.74, 6) is 0.354. The van der Waals surface area contributed by atoms with Crippen LogP contribution in [0.3, 0.4) is 0 Å². The molecule has 0 saturated heterocycles. The molecule has 1 atom stereocenters. The summed E-state index contributed by atoms with van der Waals surface area (Å²) >= 11 is 2.19. The molecule has 0 bridgehead atoms. The van der Waals surface area contributed by atoms with Crippen molar-refractivity contribution in [3.63, 3.8) is 0 Å². The minimum absolute atomic E-state index is 0.0341. The molecule has 0 aliphatic heterocycles. The zero-order chi connectivity index (χ0) is 17.7. The van der Waals surface area contributed by atoms with Crippen LogP contribution in [0.5, 0.6) is 5.75 Å². The molecule has 2 aromatic rings. The molecule has 8 heteroatoms. The highest BCUT2D eigenvalue weighted by molar-refractivity contribution is 14.1. The van der Waals surface area contributed by atoms with E-state index in [1.807, 2.05) is 12.1 Å². The van der Waals surface area contributed by atoms with Gasteiger partial charge in [0.15, 0.2) is 6.61 Å². The number of primary sulfonamides is 1. The van der Waals surface area contributed by atoms with Gasteiger partial charge in [-0.2, -0.15) is 0 Å². The van der Waals surface area contributed by atoms with Gasteiger partial charge in [-0.3, -0.25) is 4.79 Å². The van der Waals surface area contributed by atoms with Crippen LogP contribution in [0, 0.1) is 3.57 Å². The molecule has 0 fully saturated rings. The third-order valence-corrected chi connectivity index (χ3v) is 4.92. The lowest BCUT2D eigenvalue weighted by Gasteiger charge is -2.15. The molecule has 24 heavy (non-hydrogen) atoms. The van der Waals surface area contributed by atoms with Crippen LogP contribution in [0.15, 0.2) is 53.4 Å². The summed E-state index contributed by atoms with van der Waals surface area (Å²) in [6.07, 6.45) is 0. The Morgan fingerprint density at radius 3 is 2.29 bits per heavy atom. The van der Waals surface area contributed by atoms with Gasteiger partial charge >= 0.3 is 0 Å². The topological polar surface area (TPSA) is 98.5 Å². The first kappa shape index (κ1) is 18.7. The summed E-state index contributed by atoms with van der Waals surface area (Å²) in [5, 5.41) is 7.84. The number of benzene rings is 2. The van der Waals surface area contributed by atoms with Gasteiger partial charge in [-0.1, -0.05) is 12.1 Å². The fourth-order valence-electron chi connectivity index (χ4n) is 1.99. The first-order valence-electron chi connectivity index (χ1n) is 7.06. The molecule has 0 spiro atoms. The van der Waals surface area contributed by atoms with Crippen molar-refractivity contribution in [3.05, 3.63) is 57.7 Å². The SMILES string of the molecule is CC(NC(=O)COc1ccc(I)cc1)c1ccc(S(N)(=O)=O)cc1. The number of ether oxygens (including phenoxy) is 1. The third-order valence-electron chi connectivity index (χ3n) is 3.27. The van der Waals surface area contributed by atoms with Crippen molar-refractivity contribution in [3.8, 4) is 5.75 Å². The summed E-state index contributed by atoms with van der Waals surface area (Å²) in [7, 11) is -3.72. The zero-order valence-electron chi connectivity index (χ0n) is 12.9. The minimum atomic E-state index is -3.72. The van der Waals surface area contributed by atoms with Gasteiger partial charge in [0.2, 0.25) is 10.0 Å². The second-order valence-corrected chi connectivity index (χ2v) is 7.95. The van der Waals surface area contributed by atoms with Crippen molar-refractivity contribution < 1.29 is 17.9 Å². The average molecular weight is 460 g/mol. The second kappa shape index (κ2) is 7.95. The number of carbonyl (C=O) groups is 1. The molecule has 1 amide bonds. The lowest BCUT2D eigenvalue weighted by Crippen LogP contribution is -2.31. The van der Waals surface area contributed by atoms with Gasteiger partial charge in [0.05, 0.1) is 10.9 Å². The van der Waals surface area contributed by atoms with Crippen molar-refractivity contribution >= 4 is 38.5 Å². The standard InChI is InChI=1S/C16H17IN2O4S/c1-11(12-2-8-15(9-3-12)24(18,21)22)19-16(20)10-23-14-6-4-13(17)5-7-14/h2-9,11H,10H2,1H3,(H,19,20)(H2,18,21,22). The van der Waals surface area contributed by atoms with Crippen LogP contribution in [0.4, 0.5) is 0 Å². The molecule has 0 radical (unpaired) electrons. The Hall–Kier alpha value is -1.65. The van der Waals surface area contributed by atoms with Crippen LogP contribution in [0.2, 0.25) is 0 Å². The molecule has 3 N–H and O–H groups in total. The van der Waals surface area contributed by atoms with Crippen molar-refractivity contribution in [2.45, 2.75) is 17.9 Å². The van der Waals surface area contributed by atoms with Gasteiger partial charge in [-0.25, -0.2) is 13.6 Å². The first-order chi connectivity index (χ1) is 11.3. The normalized spacial score (nSPS) is 12.5. The molecular formula is C16H17IN2O4S. The number of carbonyl (C=O) groups excluding carboxylic acids is 1. The maximum absolute atomic E-state index is 11.9. The van der Waals surface area contributed by atoms with Crippen molar-refractivity contribution in [2.75, 3.05) is 6.61 Å². The number of sulfonamides is 1. The van der Waals surface area contributed by atoms with Crippen LogP contribution in [0.25, 0.3) is 0 Å². The van der Waals surface area contributed by atoms with E-state index in [4.69, 9.17) is 9.88 Å². The van der Waals surface area contributed by atoms with Crippen LogP contribution in [-0.2, 0) is 14.8 Å². The number of nitrogens with one attached hydrogen (secondary N) is 1. The highest BCUT2D eigenvalue weighted by Gasteiger charge is 2.12. The molecule has 6 nitrogen and oxygen atoms in total. The predicted octanol–water partition coefficient (Wildman–Crippen LogP) is 2.19. The summed E-state index contributed by atoms with van der Waals surface area (Å²) in [5.41, 5.74) is 0.769. The van der Waals surface area contributed by atoms with Gasteiger partial charge in [0.1, 0.15) is 5.75 Å². The Kier molecular flexibility index (Phi) is 6.19. The lowest BCUT2D eigenvalue weighted by molar-refractivity contribution is -0.123. The summed E-state index contributed by atoms with van der Waals surface area (Å²) in [6, 6.07) is 13.1. The van der Waals surface area contributed by atoms with Gasteiger partial charge in [-0.05, 0) is 71.5 Å². The van der Waals surface area contributed by atoms with Gasteiger partial charge in [0.25, 0.3) is 5.91 Å². The molecule has 0 heterocycles. The number of hydrogen-bond acceptors (Lipinski definition) is 4. The minimum Gasteiger partial charge on any atom is -0.484 e. The van der Waals surface area contributed by atoms with E-state index < -0.39 is 10.0 Å². The third kappa shape index (κ3) is 5.46. The molecule has 0 saturated carbocycles. The Bertz CT molecular complexity index is 805. The Morgan fingerprint density at radius 2 is 1.75 bits per heavy atom. The van der Waals surface area contributed by atoms with Crippen LogP contribution in [0.1, 0.15) is 18.5 Å². The van der Waals surface area contributed by atoms with E-state index in [2.05, 4.69) is 27.9 Å². The molecule has 128 valence electrons. The summed E-state index contributed by atoms with van der Waals surface area (Å²) < 4.78 is 28.9. The van der Waals surface area contributed by atoms with Gasteiger partial charge in [0, 0.05) is 3.57 Å². The van der Waals surface area contributed by atoms with E-state index in [1.165, 1.54) is 12.1 Å².